The van der Waals surface area contributed by atoms with Gasteiger partial charge in [0.05, 0.1) is 5.69 Å². The van der Waals surface area contributed by atoms with Crippen LogP contribution in [0.15, 0.2) is 54.6 Å². The molecule has 5 nitrogen and oxygen atoms in total. The van der Waals surface area contributed by atoms with Gasteiger partial charge in [0, 0.05) is 18.8 Å². The number of urea groups is 1. The summed E-state index contributed by atoms with van der Waals surface area (Å²) in [6, 6.07) is 17.4. The smallest absolute Gasteiger partial charge is 0.307 e. The molecule has 0 bridgehead atoms. The molecule has 24 heavy (non-hydrogen) atoms. The third kappa shape index (κ3) is 3.46. The summed E-state index contributed by atoms with van der Waals surface area (Å²) in [4.78, 5) is 12.2. The van der Waals surface area contributed by atoms with Crippen molar-refractivity contribution in [1.29, 1.82) is 0 Å². The number of rotatable bonds is 3. The Morgan fingerprint density at radius 1 is 1.00 bits per heavy atom. The van der Waals surface area contributed by atoms with Crippen LogP contribution in [0.25, 0.3) is 11.3 Å². The SMILES string of the molecule is Cc1ccc(NC(=O)Nc2cc(-c3ccccc3)n(C)n2)c(C)c1. The summed E-state index contributed by atoms with van der Waals surface area (Å²) in [5.74, 6) is 0.513. The van der Waals surface area contributed by atoms with Gasteiger partial charge in [-0.1, -0.05) is 48.0 Å². The van der Waals surface area contributed by atoms with Crippen molar-refractivity contribution in [3.63, 3.8) is 0 Å². The van der Waals surface area contributed by atoms with Gasteiger partial charge in [-0.05, 0) is 31.0 Å². The maximum absolute atomic E-state index is 12.2. The Morgan fingerprint density at radius 2 is 1.75 bits per heavy atom. The number of carbonyl (C=O) groups excluding carboxylic acids is 1. The number of aromatic nitrogens is 2. The van der Waals surface area contributed by atoms with Gasteiger partial charge in [0.15, 0.2) is 5.82 Å². The number of nitrogens with zero attached hydrogens (tertiary/aromatic N) is 2. The number of carbonyl (C=O) groups is 1. The molecule has 2 N–H and O–H groups in total. The van der Waals surface area contributed by atoms with Crippen LogP contribution in [-0.4, -0.2) is 15.8 Å². The van der Waals surface area contributed by atoms with Gasteiger partial charge in [-0.25, -0.2) is 4.79 Å². The lowest BCUT2D eigenvalue weighted by atomic mass is 10.1. The van der Waals surface area contributed by atoms with Crippen LogP contribution in [0.5, 0.6) is 0 Å². The summed E-state index contributed by atoms with van der Waals surface area (Å²) in [7, 11) is 1.86. The second kappa shape index (κ2) is 6.58. The first-order chi connectivity index (χ1) is 11.5. The number of benzene rings is 2. The first kappa shape index (κ1) is 15.8. The molecule has 5 heteroatoms. The maximum atomic E-state index is 12.2. The van der Waals surface area contributed by atoms with Gasteiger partial charge in [-0.15, -0.1) is 0 Å². The number of hydrogen-bond donors (Lipinski definition) is 2. The fraction of sp³-hybridized carbons (Fsp3) is 0.158. The highest BCUT2D eigenvalue weighted by atomic mass is 16.2. The highest BCUT2D eigenvalue weighted by molar-refractivity contribution is 5.99. The molecule has 0 aliphatic heterocycles. The number of hydrogen-bond acceptors (Lipinski definition) is 2. The van der Waals surface area contributed by atoms with Gasteiger partial charge in [-0.2, -0.15) is 5.10 Å². The molecule has 0 atom stereocenters. The fourth-order valence-electron chi connectivity index (χ4n) is 2.63. The Bertz CT molecular complexity index is 868. The average molecular weight is 320 g/mol. The van der Waals surface area contributed by atoms with E-state index in [1.54, 1.807) is 4.68 Å². The van der Waals surface area contributed by atoms with E-state index < -0.39 is 0 Å². The molecule has 2 amide bonds. The van der Waals surface area contributed by atoms with Crippen LogP contribution >= 0.6 is 0 Å². The van der Waals surface area contributed by atoms with Gasteiger partial charge in [0.2, 0.25) is 0 Å². The van der Waals surface area contributed by atoms with Gasteiger partial charge >= 0.3 is 6.03 Å². The lowest BCUT2D eigenvalue weighted by Gasteiger charge is -2.09. The van der Waals surface area contributed by atoms with E-state index in [9.17, 15) is 4.79 Å². The lowest BCUT2D eigenvalue weighted by Crippen LogP contribution is -2.20. The standard InChI is InChI=1S/C19H20N4O/c1-13-9-10-16(14(2)11-13)20-19(24)21-18-12-17(23(3)22-18)15-7-5-4-6-8-15/h4-12H,1-3H3,(H2,20,21,22,24). The number of aryl methyl sites for hydroxylation is 3. The molecule has 0 aliphatic rings. The monoisotopic (exact) mass is 320 g/mol. The van der Waals surface area contributed by atoms with Crippen molar-refractivity contribution in [3.8, 4) is 11.3 Å². The largest absolute Gasteiger partial charge is 0.324 e. The molecule has 1 aromatic heterocycles. The van der Waals surface area contributed by atoms with E-state index in [0.29, 0.717) is 5.82 Å². The van der Waals surface area contributed by atoms with E-state index in [1.807, 2.05) is 75.5 Å². The third-order valence-electron chi connectivity index (χ3n) is 3.82. The van der Waals surface area contributed by atoms with Crippen molar-refractivity contribution in [2.75, 3.05) is 10.6 Å². The molecule has 0 unspecified atom stereocenters. The number of nitrogens with one attached hydrogen (secondary N) is 2. The van der Waals surface area contributed by atoms with E-state index in [1.165, 1.54) is 0 Å². The van der Waals surface area contributed by atoms with Crippen LogP contribution in [0.3, 0.4) is 0 Å². The molecule has 0 aliphatic carbocycles. The highest BCUT2D eigenvalue weighted by Crippen LogP contribution is 2.22. The lowest BCUT2D eigenvalue weighted by molar-refractivity contribution is 0.262. The minimum absolute atomic E-state index is 0.306. The number of amides is 2. The minimum Gasteiger partial charge on any atom is -0.307 e. The van der Waals surface area contributed by atoms with Crippen LogP contribution < -0.4 is 10.6 Å². The molecule has 3 rings (SSSR count). The van der Waals surface area contributed by atoms with Crippen molar-refractivity contribution in [2.24, 2.45) is 7.05 Å². The zero-order valence-electron chi connectivity index (χ0n) is 14.0. The van der Waals surface area contributed by atoms with Gasteiger partial charge in [-0.3, -0.25) is 10.00 Å². The molecule has 1 heterocycles. The van der Waals surface area contributed by atoms with Gasteiger partial charge in [0.1, 0.15) is 0 Å². The Hall–Kier alpha value is -3.08. The average Bonchev–Trinajstić information content (AvgIpc) is 2.91. The van der Waals surface area contributed by atoms with Crippen LogP contribution in [0.1, 0.15) is 11.1 Å². The molecule has 0 fully saturated rings. The van der Waals surface area contributed by atoms with Crippen LogP contribution in [0, 0.1) is 13.8 Å². The normalized spacial score (nSPS) is 10.5. The molecular weight excluding hydrogens is 300 g/mol. The molecule has 2 aromatic carbocycles. The van der Waals surface area contributed by atoms with Crippen molar-refractivity contribution >= 4 is 17.5 Å². The Morgan fingerprint density at radius 3 is 2.46 bits per heavy atom. The Balaban J connectivity index is 1.73. The van der Waals surface area contributed by atoms with Gasteiger partial charge in [0.25, 0.3) is 0 Å². The van der Waals surface area contributed by atoms with Crippen molar-refractivity contribution in [1.82, 2.24) is 9.78 Å². The summed E-state index contributed by atoms with van der Waals surface area (Å²) in [6.45, 7) is 3.99. The van der Waals surface area contributed by atoms with Crippen molar-refractivity contribution < 1.29 is 4.79 Å². The molecule has 0 spiro atoms. The minimum atomic E-state index is -0.306. The second-order valence-electron chi connectivity index (χ2n) is 5.80. The molecule has 122 valence electrons. The zero-order valence-corrected chi connectivity index (χ0v) is 14.0. The van der Waals surface area contributed by atoms with Crippen molar-refractivity contribution in [2.45, 2.75) is 13.8 Å². The first-order valence-electron chi connectivity index (χ1n) is 7.77. The summed E-state index contributed by atoms with van der Waals surface area (Å²) < 4.78 is 1.75. The van der Waals surface area contributed by atoms with E-state index in [2.05, 4.69) is 15.7 Å². The maximum Gasteiger partial charge on any atom is 0.324 e. The van der Waals surface area contributed by atoms with Crippen molar-refractivity contribution in [3.05, 3.63) is 65.7 Å². The van der Waals surface area contributed by atoms with Crippen LogP contribution in [0.2, 0.25) is 0 Å². The topological polar surface area (TPSA) is 59.0 Å². The van der Waals surface area contributed by atoms with E-state index in [4.69, 9.17) is 0 Å². The summed E-state index contributed by atoms with van der Waals surface area (Å²) in [5, 5.41) is 9.99. The Labute approximate surface area is 141 Å². The summed E-state index contributed by atoms with van der Waals surface area (Å²) in [6.07, 6.45) is 0. The molecule has 0 saturated carbocycles. The van der Waals surface area contributed by atoms with Crippen LogP contribution in [0.4, 0.5) is 16.3 Å². The molecule has 0 radical (unpaired) electrons. The predicted octanol–water partition coefficient (Wildman–Crippen LogP) is 4.35. The second-order valence-corrected chi connectivity index (χ2v) is 5.80. The van der Waals surface area contributed by atoms with E-state index in [0.717, 1.165) is 28.1 Å². The van der Waals surface area contributed by atoms with Crippen LogP contribution in [-0.2, 0) is 7.05 Å². The third-order valence-corrected chi connectivity index (χ3v) is 3.82. The molecule has 3 aromatic rings. The van der Waals surface area contributed by atoms with Gasteiger partial charge < -0.3 is 5.32 Å². The van der Waals surface area contributed by atoms with E-state index in [-0.39, 0.29) is 6.03 Å². The zero-order chi connectivity index (χ0) is 17.1. The number of anilines is 2. The predicted molar refractivity (Wildman–Crippen MR) is 97.2 cm³/mol. The van der Waals surface area contributed by atoms with E-state index >= 15 is 0 Å². The quantitative estimate of drug-likeness (QED) is 0.754. The first-order valence-corrected chi connectivity index (χ1v) is 7.77. The fourth-order valence-corrected chi connectivity index (χ4v) is 2.63. The highest BCUT2D eigenvalue weighted by Gasteiger charge is 2.10. The molecular formula is C19H20N4O. The summed E-state index contributed by atoms with van der Waals surface area (Å²) >= 11 is 0. The molecule has 0 saturated heterocycles. The Kier molecular flexibility index (Phi) is 4.33. The summed E-state index contributed by atoms with van der Waals surface area (Å²) in [5.41, 5.74) is 4.97.